The van der Waals surface area contributed by atoms with E-state index in [1.54, 1.807) is 0 Å². The molecule has 0 aromatic heterocycles. The highest BCUT2D eigenvalue weighted by Gasteiger charge is 2.22. The molecule has 0 radical (unpaired) electrons. The zero-order valence-corrected chi connectivity index (χ0v) is 34.0. The zero-order valence-electron chi connectivity index (χ0n) is 34.0. The van der Waals surface area contributed by atoms with Gasteiger partial charge in [-0.2, -0.15) is 0 Å². The lowest BCUT2D eigenvalue weighted by Crippen LogP contribution is -2.29. The van der Waals surface area contributed by atoms with E-state index in [-0.39, 0.29) is 5.78 Å². The first-order valence-corrected chi connectivity index (χ1v) is 21.0. The van der Waals surface area contributed by atoms with Crippen molar-refractivity contribution < 1.29 is 19.0 Å². The van der Waals surface area contributed by atoms with Gasteiger partial charge in [0.1, 0.15) is 5.75 Å². The largest absolute Gasteiger partial charge is 0.494 e. The third-order valence-electron chi connectivity index (χ3n) is 9.80. The molecule has 0 aliphatic rings. The fourth-order valence-corrected chi connectivity index (χ4v) is 6.25. The van der Waals surface area contributed by atoms with Crippen LogP contribution in [0, 0.1) is 11.8 Å². The van der Waals surface area contributed by atoms with Gasteiger partial charge in [0.05, 0.1) is 19.8 Å². The Kier molecular flexibility index (Phi) is 29.3. The van der Waals surface area contributed by atoms with Crippen LogP contribution in [0.2, 0.25) is 0 Å². The van der Waals surface area contributed by atoms with Crippen LogP contribution < -0.4 is 4.74 Å². The highest BCUT2D eigenvalue weighted by molar-refractivity contribution is 5.98. The topological polar surface area (TPSA) is 44.8 Å². The lowest BCUT2D eigenvalue weighted by atomic mass is 10.0. The minimum Gasteiger partial charge on any atom is -0.494 e. The van der Waals surface area contributed by atoms with Crippen LogP contribution in [0.3, 0.4) is 0 Å². The number of rotatable bonds is 34. The van der Waals surface area contributed by atoms with E-state index in [4.69, 9.17) is 14.2 Å². The molecule has 1 aromatic rings. The van der Waals surface area contributed by atoms with Crippen molar-refractivity contribution in [1.29, 1.82) is 0 Å². The Balaban J connectivity index is 2.37. The molecule has 0 heterocycles. The van der Waals surface area contributed by atoms with Crippen molar-refractivity contribution in [1.82, 2.24) is 0 Å². The molecular weight excluding hydrogens is 617 g/mol. The number of hydrogen-bond acceptors (Lipinski definition) is 4. The molecule has 0 amide bonds. The number of unbranched alkanes of at least 4 members (excludes halogenated alkanes) is 15. The summed E-state index contributed by atoms with van der Waals surface area (Å²) in [6, 6.07) is 7.53. The van der Waals surface area contributed by atoms with E-state index in [9.17, 15) is 4.79 Å². The van der Waals surface area contributed by atoms with E-state index in [1.165, 1.54) is 107 Å². The van der Waals surface area contributed by atoms with Gasteiger partial charge in [0, 0.05) is 5.56 Å². The van der Waals surface area contributed by atoms with Gasteiger partial charge in [-0.15, -0.1) is 0 Å². The number of hydrogen-bond donors (Lipinski definition) is 0. The third-order valence-corrected chi connectivity index (χ3v) is 9.80. The number of carbonyl (C=O) groups is 1. The van der Waals surface area contributed by atoms with E-state index in [2.05, 4.69) is 60.6 Å². The summed E-state index contributed by atoms with van der Waals surface area (Å²) < 4.78 is 18.3. The van der Waals surface area contributed by atoms with Crippen LogP contribution in [-0.2, 0) is 9.47 Å². The number of Topliss-reactive ketones (excluding diaryl/α,β-unsaturated/α-hetero) is 1. The number of benzene rings is 1. The minimum absolute atomic E-state index is 0.108. The highest BCUT2D eigenvalue weighted by atomic mass is 16.7. The molecule has 288 valence electrons. The molecular formula is C46H80O4. The summed E-state index contributed by atoms with van der Waals surface area (Å²) in [5.41, 5.74) is 3.33. The average molecular weight is 697 g/mol. The van der Waals surface area contributed by atoms with Gasteiger partial charge in [0.15, 0.2) is 0 Å². The van der Waals surface area contributed by atoms with E-state index in [1.807, 2.05) is 24.3 Å². The van der Waals surface area contributed by atoms with Gasteiger partial charge in [0.2, 0.25) is 12.1 Å². The summed E-state index contributed by atoms with van der Waals surface area (Å²) in [4.78, 5) is 13.5. The lowest BCUT2D eigenvalue weighted by Gasteiger charge is -2.20. The summed E-state index contributed by atoms with van der Waals surface area (Å²) in [5.74, 6) is 1.77. The van der Waals surface area contributed by atoms with Gasteiger partial charge in [-0.05, 0) is 109 Å². The van der Waals surface area contributed by atoms with Crippen molar-refractivity contribution in [2.75, 3.05) is 19.8 Å². The molecule has 4 nitrogen and oxygen atoms in total. The quantitative estimate of drug-likeness (QED) is 0.0311. The second-order valence-corrected chi connectivity index (χ2v) is 15.6. The summed E-state index contributed by atoms with van der Waals surface area (Å²) >= 11 is 0. The van der Waals surface area contributed by atoms with E-state index >= 15 is 0 Å². The molecule has 1 rings (SSSR count). The third kappa shape index (κ3) is 26.8. The minimum atomic E-state index is -0.873. The molecule has 0 spiro atoms. The maximum atomic E-state index is 13.5. The Morgan fingerprint density at radius 2 is 0.960 bits per heavy atom. The zero-order chi connectivity index (χ0) is 36.7. The van der Waals surface area contributed by atoms with Crippen LogP contribution in [0.4, 0.5) is 0 Å². The molecule has 2 atom stereocenters. The second kappa shape index (κ2) is 31.8. The normalized spacial score (nSPS) is 13.1. The Morgan fingerprint density at radius 1 is 0.560 bits per heavy atom. The SMILES string of the molecule is CCCCCCCCCCCCCCCCCCOc1ccc(C(=O)C(OCCC(C)CCC=C(C)C)OCCC(C)CCC=C(C)C)cc1. The highest BCUT2D eigenvalue weighted by Crippen LogP contribution is 2.19. The van der Waals surface area contributed by atoms with Gasteiger partial charge in [0.25, 0.3) is 0 Å². The fraction of sp³-hybridized carbons (Fsp3) is 0.761. The molecule has 2 unspecified atom stereocenters. The van der Waals surface area contributed by atoms with Crippen LogP contribution in [0.1, 0.15) is 200 Å². The number of ketones is 1. The van der Waals surface area contributed by atoms with Crippen molar-refractivity contribution in [2.24, 2.45) is 11.8 Å². The number of ether oxygens (including phenoxy) is 3. The van der Waals surface area contributed by atoms with Gasteiger partial charge in [-0.3, -0.25) is 4.79 Å². The standard InChI is InChI=1S/C46H80O4/c1-8-9-10-11-12-13-14-15-16-17-18-19-20-21-22-23-36-48-44-32-30-43(31-33-44)45(47)46(49-37-34-41(6)28-24-26-39(2)3)50-38-35-42(7)29-25-27-40(4)5/h26-27,30-33,41-42,46H,8-25,28-29,34-38H2,1-7H3. The maximum absolute atomic E-state index is 13.5. The molecule has 0 bridgehead atoms. The van der Waals surface area contributed by atoms with Crippen LogP contribution in [0.15, 0.2) is 47.6 Å². The van der Waals surface area contributed by atoms with E-state index in [0.29, 0.717) is 30.6 Å². The molecule has 0 aliphatic carbocycles. The molecule has 50 heavy (non-hydrogen) atoms. The lowest BCUT2D eigenvalue weighted by molar-refractivity contribution is -0.118. The fourth-order valence-electron chi connectivity index (χ4n) is 6.25. The predicted molar refractivity (Wildman–Crippen MR) is 216 cm³/mol. The van der Waals surface area contributed by atoms with Gasteiger partial charge in [-0.1, -0.05) is 140 Å². The molecule has 0 fully saturated rings. The molecule has 0 saturated carbocycles. The molecule has 0 N–H and O–H groups in total. The van der Waals surface area contributed by atoms with Crippen molar-refractivity contribution in [3.05, 3.63) is 53.1 Å². The second-order valence-electron chi connectivity index (χ2n) is 15.6. The Labute approximate surface area is 310 Å². The summed E-state index contributed by atoms with van der Waals surface area (Å²) in [5, 5.41) is 0. The van der Waals surface area contributed by atoms with Crippen molar-refractivity contribution in [2.45, 2.75) is 196 Å². The smallest absolute Gasteiger partial charge is 0.222 e. The summed E-state index contributed by atoms with van der Waals surface area (Å²) in [6.07, 6.45) is 31.8. The Hall–Kier alpha value is -1.91. The van der Waals surface area contributed by atoms with Crippen molar-refractivity contribution >= 4 is 5.78 Å². The number of carbonyl (C=O) groups excluding carboxylic acids is 1. The number of allylic oxidation sites excluding steroid dienone is 4. The predicted octanol–water partition coefficient (Wildman–Crippen LogP) is 14.4. The monoisotopic (exact) mass is 697 g/mol. The first-order valence-electron chi connectivity index (χ1n) is 21.0. The van der Waals surface area contributed by atoms with Crippen LogP contribution >= 0.6 is 0 Å². The molecule has 4 heteroatoms. The van der Waals surface area contributed by atoms with Gasteiger partial charge >= 0.3 is 0 Å². The van der Waals surface area contributed by atoms with Gasteiger partial charge in [-0.25, -0.2) is 0 Å². The first kappa shape index (κ1) is 46.1. The van der Waals surface area contributed by atoms with Crippen LogP contribution in [0.25, 0.3) is 0 Å². The summed E-state index contributed by atoms with van der Waals surface area (Å²) in [6.45, 7) is 17.1. The Bertz CT molecular complexity index is 952. The summed E-state index contributed by atoms with van der Waals surface area (Å²) in [7, 11) is 0. The van der Waals surface area contributed by atoms with E-state index < -0.39 is 6.29 Å². The van der Waals surface area contributed by atoms with Crippen molar-refractivity contribution in [3.63, 3.8) is 0 Å². The van der Waals surface area contributed by atoms with Crippen LogP contribution in [-0.4, -0.2) is 31.9 Å². The molecule has 1 aromatic carbocycles. The van der Waals surface area contributed by atoms with Crippen LogP contribution in [0.5, 0.6) is 5.75 Å². The first-order chi connectivity index (χ1) is 24.2. The maximum Gasteiger partial charge on any atom is 0.222 e. The van der Waals surface area contributed by atoms with Crippen molar-refractivity contribution in [3.8, 4) is 5.75 Å². The van der Waals surface area contributed by atoms with E-state index in [0.717, 1.165) is 57.3 Å². The molecule has 0 aliphatic heterocycles. The average Bonchev–Trinajstić information content (AvgIpc) is 3.08. The Morgan fingerprint density at radius 3 is 1.36 bits per heavy atom. The molecule has 0 saturated heterocycles. The van der Waals surface area contributed by atoms with Gasteiger partial charge < -0.3 is 14.2 Å².